The van der Waals surface area contributed by atoms with Crippen LogP contribution >= 0.6 is 11.6 Å². The number of nitrogens with zero attached hydrogens (tertiary/aromatic N) is 2. The van der Waals surface area contributed by atoms with Crippen molar-refractivity contribution in [3.8, 4) is 11.5 Å². The maximum absolute atomic E-state index is 12.6. The molecule has 0 aliphatic carbocycles. The second kappa shape index (κ2) is 11.6. The quantitative estimate of drug-likeness (QED) is 0.548. The number of halogens is 1. The van der Waals surface area contributed by atoms with Gasteiger partial charge in [-0.05, 0) is 61.4 Å². The van der Waals surface area contributed by atoms with Crippen LogP contribution in [0.3, 0.4) is 0 Å². The monoisotopic (exact) mass is 456 g/mol. The third kappa shape index (κ3) is 6.26. The molecule has 7 heteroatoms. The fourth-order valence-electron chi connectivity index (χ4n) is 3.41. The van der Waals surface area contributed by atoms with Gasteiger partial charge in [0, 0.05) is 42.8 Å². The lowest BCUT2D eigenvalue weighted by Crippen LogP contribution is -2.50. The van der Waals surface area contributed by atoms with Crippen LogP contribution in [0.2, 0.25) is 5.02 Å². The highest BCUT2D eigenvalue weighted by atomic mass is 35.5. The molecule has 2 aromatic carbocycles. The third-order valence-corrected chi connectivity index (χ3v) is 5.37. The Kier molecular flexibility index (Phi) is 8.56. The van der Waals surface area contributed by atoms with E-state index in [-0.39, 0.29) is 11.8 Å². The van der Waals surface area contributed by atoms with E-state index in [2.05, 4.69) is 6.92 Å². The first kappa shape index (κ1) is 23.7. The number of carbonyl (C=O) groups is 2. The summed E-state index contributed by atoms with van der Waals surface area (Å²) in [6.45, 7) is 7.13. The van der Waals surface area contributed by atoms with E-state index in [1.807, 2.05) is 25.1 Å². The van der Waals surface area contributed by atoms with Crippen molar-refractivity contribution in [1.82, 2.24) is 9.80 Å². The van der Waals surface area contributed by atoms with E-state index in [4.69, 9.17) is 21.1 Å². The number of hydrogen-bond acceptors (Lipinski definition) is 4. The summed E-state index contributed by atoms with van der Waals surface area (Å²) >= 11 is 5.89. The molecular weight excluding hydrogens is 428 g/mol. The van der Waals surface area contributed by atoms with Crippen molar-refractivity contribution in [3.63, 3.8) is 0 Å². The highest BCUT2D eigenvalue weighted by molar-refractivity contribution is 6.30. The summed E-state index contributed by atoms with van der Waals surface area (Å²) in [5.74, 6) is 1.26. The molecule has 2 amide bonds. The minimum Gasteiger partial charge on any atom is -0.490 e. The Labute approximate surface area is 194 Å². The van der Waals surface area contributed by atoms with E-state index in [9.17, 15) is 9.59 Å². The lowest BCUT2D eigenvalue weighted by molar-refractivity contribution is -0.127. The minimum atomic E-state index is -0.0761. The highest BCUT2D eigenvalue weighted by Gasteiger charge is 2.23. The number of rotatable bonds is 8. The summed E-state index contributed by atoms with van der Waals surface area (Å²) in [6, 6.07) is 12.5. The Morgan fingerprint density at radius 2 is 1.62 bits per heavy atom. The van der Waals surface area contributed by atoms with Gasteiger partial charge in [-0.3, -0.25) is 9.59 Å². The van der Waals surface area contributed by atoms with Crippen LogP contribution < -0.4 is 9.47 Å². The topological polar surface area (TPSA) is 59.1 Å². The van der Waals surface area contributed by atoms with Crippen LogP contribution in [0.5, 0.6) is 11.5 Å². The van der Waals surface area contributed by atoms with E-state index in [0.29, 0.717) is 61.5 Å². The molecule has 170 valence electrons. The summed E-state index contributed by atoms with van der Waals surface area (Å²) in [6.07, 6.45) is 4.26. The SMILES string of the molecule is CCCOc1ccc(/C=C/C(=O)N2CCN(C(=O)c3ccc(Cl)cc3)CC2)cc1OCC. The van der Waals surface area contributed by atoms with Gasteiger partial charge in [-0.25, -0.2) is 0 Å². The molecule has 0 spiro atoms. The molecule has 1 aliphatic heterocycles. The summed E-state index contributed by atoms with van der Waals surface area (Å²) in [5.41, 5.74) is 1.47. The summed E-state index contributed by atoms with van der Waals surface area (Å²) in [7, 11) is 0. The van der Waals surface area contributed by atoms with E-state index in [1.165, 1.54) is 0 Å². The molecule has 3 rings (SSSR count). The molecule has 0 saturated carbocycles. The van der Waals surface area contributed by atoms with Gasteiger partial charge < -0.3 is 19.3 Å². The van der Waals surface area contributed by atoms with E-state index in [1.54, 1.807) is 46.2 Å². The first-order chi connectivity index (χ1) is 15.5. The second-order valence-corrected chi connectivity index (χ2v) is 7.88. The zero-order valence-electron chi connectivity index (χ0n) is 18.6. The van der Waals surface area contributed by atoms with Crippen LogP contribution in [0.15, 0.2) is 48.5 Å². The van der Waals surface area contributed by atoms with Gasteiger partial charge in [0.2, 0.25) is 5.91 Å². The molecule has 1 heterocycles. The predicted octanol–water partition coefficient (Wildman–Crippen LogP) is 4.53. The van der Waals surface area contributed by atoms with Crippen molar-refractivity contribution in [3.05, 3.63) is 64.7 Å². The van der Waals surface area contributed by atoms with Crippen LogP contribution in [0.4, 0.5) is 0 Å². The Hall–Kier alpha value is -2.99. The van der Waals surface area contributed by atoms with Gasteiger partial charge in [-0.2, -0.15) is 0 Å². The fourth-order valence-corrected chi connectivity index (χ4v) is 3.53. The molecule has 1 aliphatic rings. The Bertz CT molecular complexity index is 951. The second-order valence-electron chi connectivity index (χ2n) is 7.45. The van der Waals surface area contributed by atoms with Crippen molar-refractivity contribution < 1.29 is 19.1 Å². The van der Waals surface area contributed by atoms with Crippen LogP contribution in [-0.4, -0.2) is 61.0 Å². The van der Waals surface area contributed by atoms with Crippen LogP contribution in [0, 0.1) is 0 Å². The number of carbonyl (C=O) groups excluding carboxylic acids is 2. The molecule has 0 aromatic heterocycles. The largest absolute Gasteiger partial charge is 0.490 e. The van der Waals surface area contributed by atoms with Gasteiger partial charge in [0.1, 0.15) is 0 Å². The van der Waals surface area contributed by atoms with Gasteiger partial charge in [-0.1, -0.05) is 24.6 Å². The van der Waals surface area contributed by atoms with Crippen LogP contribution in [0.1, 0.15) is 36.2 Å². The minimum absolute atomic E-state index is 0.0434. The normalized spacial score (nSPS) is 14.0. The predicted molar refractivity (Wildman–Crippen MR) is 126 cm³/mol. The average Bonchev–Trinajstić information content (AvgIpc) is 2.82. The Balaban J connectivity index is 1.56. The number of hydrogen-bond donors (Lipinski definition) is 0. The molecule has 2 aromatic rings. The molecule has 0 atom stereocenters. The molecule has 1 fully saturated rings. The fraction of sp³-hybridized carbons (Fsp3) is 0.360. The number of benzene rings is 2. The molecule has 0 radical (unpaired) electrons. The molecule has 0 unspecified atom stereocenters. The average molecular weight is 457 g/mol. The zero-order chi connectivity index (χ0) is 22.9. The molecular formula is C25H29ClN2O4. The molecule has 0 N–H and O–H groups in total. The first-order valence-corrected chi connectivity index (χ1v) is 11.3. The molecule has 6 nitrogen and oxygen atoms in total. The highest BCUT2D eigenvalue weighted by Crippen LogP contribution is 2.29. The maximum Gasteiger partial charge on any atom is 0.253 e. The van der Waals surface area contributed by atoms with Crippen LogP contribution in [0.25, 0.3) is 6.08 Å². The Morgan fingerprint density at radius 1 is 0.938 bits per heavy atom. The van der Waals surface area contributed by atoms with Gasteiger partial charge in [0.25, 0.3) is 5.91 Å². The summed E-state index contributed by atoms with van der Waals surface area (Å²) < 4.78 is 11.4. The Morgan fingerprint density at radius 3 is 2.28 bits per heavy atom. The van der Waals surface area contributed by atoms with Crippen molar-refractivity contribution >= 4 is 29.5 Å². The first-order valence-electron chi connectivity index (χ1n) is 10.9. The third-order valence-electron chi connectivity index (χ3n) is 5.12. The summed E-state index contributed by atoms with van der Waals surface area (Å²) in [5, 5.41) is 0.597. The molecule has 1 saturated heterocycles. The molecule has 0 bridgehead atoms. The van der Waals surface area contributed by atoms with Crippen molar-refractivity contribution in [2.24, 2.45) is 0 Å². The van der Waals surface area contributed by atoms with E-state index >= 15 is 0 Å². The van der Waals surface area contributed by atoms with Gasteiger partial charge in [0.15, 0.2) is 11.5 Å². The van der Waals surface area contributed by atoms with E-state index in [0.717, 1.165) is 12.0 Å². The number of piperazine rings is 1. The van der Waals surface area contributed by atoms with Gasteiger partial charge in [0.05, 0.1) is 13.2 Å². The smallest absolute Gasteiger partial charge is 0.253 e. The van der Waals surface area contributed by atoms with Crippen LogP contribution in [-0.2, 0) is 4.79 Å². The zero-order valence-corrected chi connectivity index (χ0v) is 19.3. The lowest BCUT2D eigenvalue weighted by atomic mass is 10.1. The standard InChI is InChI=1S/C25H29ClN2O4/c1-3-17-32-22-11-5-19(18-23(22)31-4-2)6-12-24(29)27-13-15-28(16-14-27)25(30)20-7-9-21(26)10-8-20/h5-12,18H,3-4,13-17H2,1-2H3/b12-6+. The van der Waals surface area contributed by atoms with Gasteiger partial charge in [-0.15, -0.1) is 0 Å². The van der Waals surface area contributed by atoms with Crippen molar-refractivity contribution in [1.29, 1.82) is 0 Å². The number of ether oxygens (including phenoxy) is 2. The van der Waals surface area contributed by atoms with Gasteiger partial charge >= 0.3 is 0 Å². The van der Waals surface area contributed by atoms with E-state index < -0.39 is 0 Å². The summed E-state index contributed by atoms with van der Waals surface area (Å²) in [4.78, 5) is 28.8. The van der Waals surface area contributed by atoms with Crippen molar-refractivity contribution in [2.75, 3.05) is 39.4 Å². The lowest BCUT2D eigenvalue weighted by Gasteiger charge is -2.34. The maximum atomic E-state index is 12.6. The number of amides is 2. The molecule has 32 heavy (non-hydrogen) atoms. The van der Waals surface area contributed by atoms with Crippen molar-refractivity contribution in [2.45, 2.75) is 20.3 Å².